The molecule has 0 aliphatic carbocycles. The Balaban J connectivity index is 2.25. The smallest absolute Gasteiger partial charge is 0.222 e. The molecule has 0 amide bonds. The van der Waals surface area contributed by atoms with Crippen LogP contribution in [0.4, 0.5) is 10.3 Å². The highest BCUT2D eigenvalue weighted by Gasteiger charge is 2.06. The normalized spacial score (nSPS) is 10.4. The van der Waals surface area contributed by atoms with E-state index in [2.05, 4.69) is 31.2 Å². The lowest BCUT2D eigenvalue weighted by molar-refractivity contribution is 0.631. The number of benzene rings is 1. The number of hydrogen-bond acceptors (Lipinski definition) is 4. The van der Waals surface area contributed by atoms with E-state index in [9.17, 15) is 4.39 Å². The van der Waals surface area contributed by atoms with Crippen molar-refractivity contribution in [3.05, 3.63) is 40.9 Å². The van der Waals surface area contributed by atoms with Gasteiger partial charge in [0.25, 0.3) is 0 Å². The predicted molar refractivity (Wildman–Crippen MR) is 72.7 cm³/mol. The fraction of sp³-hybridized carbons (Fsp3) is 0.167. The lowest BCUT2D eigenvalue weighted by atomic mass is 10.1. The molecule has 1 aromatic carbocycles. The highest BCUT2D eigenvalue weighted by atomic mass is 79.9. The summed E-state index contributed by atoms with van der Waals surface area (Å²) >= 11 is 3.31. The quantitative estimate of drug-likeness (QED) is 0.910. The third-order valence-electron chi connectivity index (χ3n) is 2.32. The minimum absolute atomic E-state index is 0.301. The van der Waals surface area contributed by atoms with E-state index in [0.29, 0.717) is 30.2 Å². The molecule has 0 radical (unpaired) electrons. The fourth-order valence-corrected chi connectivity index (χ4v) is 1.82. The number of nitrogens with zero attached hydrogens (tertiary/aromatic N) is 2. The maximum absolute atomic E-state index is 13.6. The molecular formula is C12H12BrFN4. The number of hydrogen-bond donors (Lipinski definition) is 2. The molecule has 6 heteroatoms. The first-order chi connectivity index (χ1) is 8.70. The maximum atomic E-state index is 13.6. The van der Waals surface area contributed by atoms with E-state index in [1.54, 1.807) is 24.5 Å². The summed E-state index contributed by atoms with van der Waals surface area (Å²) in [7, 11) is 0. The number of nitrogens with one attached hydrogen (secondary N) is 1. The Morgan fingerprint density at radius 3 is 2.67 bits per heavy atom. The largest absolute Gasteiger partial charge is 0.353 e. The number of rotatable bonds is 4. The van der Waals surface area contributed by atoms with E-state index in [1.807, 2.05) is 0 Å². The molecule has 0 fully saturated rings. The van der Waals surface area contributed by atoms with Crippen LogP contribution in [-0.4, -0.2) is 23.1 Å². The van der Waals surface area contributed by atoms with Crippen molar-refractivity contribution in [3.63, 3.8) is 0 Å². The maximum Gasteiger partial charge on any atom is 0.222 e. The molecule has 0 saturated carbocycles. The van der Waals surface area contributed by atoms with Crippen molar-refractivity contribution in [2.24, 2.45) is 5.73 Å². The van der Waals surface area contributed by atoms with Gasteiger partial charge in [0, 0.05) is 41.1 Å². The first-order valence-corrected chi connectivity index (χ1v) is 6.21. The van der Waals surface area contributed by atoms with Gasteiger partial charge < -0.3 is 11.1 Å². The van der Waals surface area contributed by atoms with Crippen LogP contribution in [0.15, 0.2) is 35.1 Å². The second-order valence-corrected chi connectivity index (χ2v) is 4.55. The summed E-state index contributed by atoms with van der Waals surface area (Å²) < 4.78 is 14.5. The van der Waals surface area contributed by atoms with Crippen LogP contribution in [0.3, 0.4) is 0 Å². The van der Waals surface area contributed by atoms with Gasteiger partial charge in [-0.2, -0.15) is 0 Å². The zero-order chi connectivity index (χ0) is 13.0. The minimum atomic E-state index is -0.301. The van der Waals surface area contributed by atoms with Gasteiger partial charge in [-0.3, -0.25) is 0 Å². The van der Waals surface area contributed by atoms with E-state index in [4.69, 9.17) is 5.73 Å². The number of aromatic nitrogens is 2. The van der Waals surface area contributed by atoms with Crippen LogP contribution in [0.1, 0.15) is 0 Å². The average molecular weight is 311 g/mol. The average Bonchev–Trinajstić information content (AvgIpc) is 2.40. The van der Waals surface area contributed by atoms with Crippen LogP contribution < -0.4 is 11.1 Å². The molecule has 0 aliphatic rings. The molecular weight excluding hydrogens is 299 g/mol. The Labute approximate surface area is 113 Å². The van der Waals surface area contributed by atoms with Crippen LogP contribution in [0.25, 0.3) is 11.1 Å². The zero-order valence-electron chi connectivity index (χ0n) is 9.53. The van der Waals surface area contributed by atoms with Gasteiger partial charge in [0.05, 0.1) is 0 Å². The van der Waals surface area contributed by atoms with Gasteiger partial charge in [0.15, 0.2) is 0 Å². The van der Waals surface area contributed by atoms with Gasteiger partial charge in [-0.05, 0) is 18.2 Å². The first-order valence-electron chi connectivity index (χ1n) is 5.42. The summed E-state index contributed by atoms with van der Waals surface area (Å²) in [6.07, 6.45) is 3.16. The van der Waals surface area contributed by atoms with Crippen LogP contribution >= 0.6 is 15.9 Å². The third kappa shape index (κ3) is 3.02. The molecule has 0 atom stereocenters. The Morgan fingerprint density at radius 1 is 1.28 bits per heavy atom. The molecule has 2 aromatic rings. The second kappa shape index (κ2) is 5.88. The molecule has 0 bridgehead atoms. The molecule has 0 unspecified atom stereocenters. The fourth-order valence-electron chi connectivity index (χ4n) is 1.46. The number of halogens is 2. The van der Waals surface area contributed by atoms with Crippen molar-refractivity contribution in [1.82, 2.24) is 9.97 Å². The van der Waals surface area contributed by atoms with Crippen LogP contribution in [0, 0.1) is 5.82 Å². The highest BCUT2D eigenvalue weighted by Crippen LogP contribution is 2.25. The van der Waals surface area contributed by atoms with Gasteiger partial charge in [-0.25, -0.2) is 14.4 Å². The summed E-state index contributed by atoms with van der Waals surface area (Å²) in [5.41, 5.74) is 6.46. The lowest BCUT2D eigenvalue weighted by Gasteiger charge is -2.05. The minimum Gasteiger partial charge on any atom is -0.353 e. The van der Waals surface area contributed by atoms with E-state index in [0.717, 1.165) is 4.47 Å². The standard InChI is InChI=1S/C12H12BrFN4/c13-9-1-2-11(14)10(5-9)8-6-17-12(18-7-8)16-4-3-15/h1-2,5-7H,3-4,15H2,(H,16,17,18). The summed E-state index contributed by atoms with van der Waals surface area (Å²) in [4.78, 5) is 8.21. The molecule has 0 spiro atoms. The Bertz CT molecular complexity index is 530. The van der Waals surface area contributed by atoms with E-state index >= 15 is 0 Å². The molecule has 94 valence electrons. The van der Waals surface area contributed by atoms with E-state index in [-0.39, 0.29) is 5.82 Å². The van der Waals surface area contributed by atoms with Crippen LogP contribution in [0.2, 0.25) is 0 Å². The van der Waals surface area contributed by atoms with Gasteiger partial charge >= 0.3 is 0 Å². The number of nitrogens with two attached hydrogens (primary N) is 1. The SMILES string of the molecule is NCCNc1ncc(-c2cc(Br)ccc2F)cn1. The van der Waals surface area contributed by atoms with Crippen molar-refractivity contribution in [2.75, 3.05) is 18.4 Å². The molecule has 1 heterocycles. The first kappa shape index (κ1) is 12.9. The lowest BCUT2D eigenvalue weighted by Crippen LogP contribution is -2.14. The molecule has 18 heavy (non-hydrogen) atoms. The van der Waals surface area contributed by atoms with Crippen molar-refractivity contribution < 1.29 is 4.39 Å². The van der Waals surface area contributed by atoms with E-state index in [1.165, 1.54) is 6.07 Å². The topological polar surface area (TPSA) is 63.8 Å². The Kier molecular flexibility index (Phi) is 4.22. The number of anilines is 1. The summed E-state index contributed by atoms with van der Waals surface area (Å²) in [6, 6.07) is 4.75. The summed E-state index contributed by atoms with van der Waals surface area (Å²) in [5, 5.41) is 2.95. The molecule has 3 N–H and O–H groups in total. The van der Waals surface area contributed by atoms with E-state index < -0.39 is 0 Å². The van der Waals surface area contributed by atoms with Gasteiger partial charge in [0.1, 0.15) is 5.82 Å². The van der Waals surface area contributed by atoms with Crippen molar-refractivity contribution in [1.29, 1.82) is 0 Å². The van der Waals surface area contributed by atoms with Crippen molar-refractivity contribution in [2.45, 2.75) is 0 Å². The molecule has 1 aromatic heterocycles. The predicted octanol–water partition coefficient (Wildman–Crippen LogP) is 2.42. The van der Waals surface area contributed by atoms with Gasteiger partial charge in [-0.1, -0.05) is 15.9 Å². The van der Waals surface area contributed by atoms with Gasteiger partial charge in [0.2, 0.25) is 5.95 Å². The Morgan fingerprint density at radius 2 is 2.00 bits per heavy atom. The molecule has 0 aliphatic heterocycles. The van der Waals surface area contributed by atoms with Gasteiger partial charge in [-0.15, -0.1) is 0 Å². The molecule has 2 rings (SSSR count). The second-order valence-electron chi connectivity index (χ2n) is 3.63. The summed E-state index contributed by atoms with van der Waals surface area (Å²) in [6.45, 7) is 1.11. The Hall–Kier alpha value is -1.53. The molecule has 4 nitrogen and oxygen atoms in total. The zero-order valence-corrected chi connectivity index (χ0v) is 11.1. The molecule has 0 saturated heterocycles. The third-order valence-corrected chi connectivity index (χ3v) is 2.81. The van der Waals surface area contributed by atoms with Crippen LogP contribution in [0.5, 0.6) is 0 Å². The monoisotopic (exact) mass is 310 g/mol. The van der Waals surface area contributed by atoms with Crippen molar-refractivity contribution in [3.8, 4) is 11.1 Å². The highest BCUT2D eigenvalue weighted by molar-refractivity contribution is 9.10. The summed E-state index contributed by atoms with van der Waals surface area (Å²) in [5.74, 6) is 0.184. The van der Waals surface area contributed by atoms with Crippen molar-refractivity contribution >= 4 is 21.9 Å². The van der Waals surface area contributed by atoms with Crippen LogP contribution in [-0.2, 0) is 0 Å².